The average Bonchev–Trinajstić information content (AvgIpc) is 3.01. The van der Waals surface area contributed by atoms with Crippen LogP contribution >= 0.6 is 34.8 Å². The first-order valence-corrected chi connectivity index (χ1v) is 10.8. The molecule has 14 heteroatoms. The highest BCUT2D eigenvalue weighted by Crippen LogP contribution is 2.33. The zero-order chi connectivity index (χ0) is 23.1. The Morgan fingerprint density at radius 1 is 1.19 bits per heavy atom. The van der Waals surface area contributed by atoms with Gasteiger partial charge in [-0.25, -0.2) is 13.4 Å². The summed E-state index contributed by atoms with van der Waals surface area (Å²) in [4.78, 5) is 3.22. The minimum atomic E-state index is -4.99. The second-order valence-corrected chi connectivity index (χ2v) is 9.28. The van der Waals surface area contributed by atoms with E-state index in [-0.39, 0.29) is 26.6 Å². The number of hydrogen-bond donors (Lipinski definition) is 2. The minimum absolute atomic E-state index is 0.0175. The lowest BCUT2D eigenvalue weighted by molar-refractivity contribution is -0.154. The van der Waals surface area contributed by atoms with Crippen molar-refractivity contribution in [2.24, 2.45) is 0 Å². The van der Waals surface area contributed by atoms with Crippen molar-refractivity contribution in [1.82, 2.24) is 14.3 Å². The summed E-state index contributed by atoms with van der Waals surface area (Å²) in [5, 5.41) is 8.86. The van der Waals surface area contributed by atoms with Gasteiger partial charge in [-0.3, -0.25) is 0 Å². The summed E-state index contributed by atoms with van der Waals surface area (Å²) < 4.78 is 69.2. The van der Waals surface area contributed by atoms with Gasteiger partial charge in [0.05, 0.1) is 28.1 Å². The molecule has 1 heterocycles. The lowest BCUT2D eigenvalue weighted by Crippen LogP contribution is -2.48. The molecule has 164 valence electrons. The summed E-state index contributed by atoms with van der Waals surface area (Å²) in [5.41, 5.74) is 5.52. The molecule has 0 aliphatic rings. The number of anilines is 1. The van der Waals surface area contributed by atoms with Crippen LogP contribution in [0.5, 0.6) is 0 Å². The van der Waals surface area contributed by atoms with Gasteiger partial charge in [-0.2, -0.15) is 23.2 Å². The van der Waals surface area contributed by atoms with Crippen molar-refractivity contribution in [1.29, 1.82) is 5.26 Å². The first-order valence-electron chi connectivity index (χ1n) is 8.21. The van der Waals surface area contributed by atoms with Crippen molar-refractivity contribution < 1.29 is 21.6 Å². The van der Waals surface area contributed by atoms with Crippen molar-refractivity contribution >= 4 is 61.5 Å². The molecule has 3 rings (SSSR count). The molecule has 0 aliphatic carbocycles. The summed E-state index contributed by atoms with van der Waals surface area (Å²) in [6.07, 6.45) is -3.94. The number of nitrogens with one attached hydrogen (secondary N) is 1. The van der Waals surface area contributed by atoms with Crippen molar-refractivity contribution in [3.8, 4) is 6.07 Å². The molecule has 7 nitrogen and oxygen atoms in total. The van der Waals surface area contributed by atoms with Crippen LogP contribution in [-0.4, -0.2) is 30.2 Å². The summed E-state index contributed by atoms with van der Waals surface area (Å²) >= 11 is 17.5. The lowest BCUT2D eigenvalue weighted by atomic mass is 10.2. The van der Waals surface area contributed by atoms with Gasteiger partial charge in [0.2, 0.25) is 10.0 Å². The molecule has 1 unspecified atom stereocenters. The van der Waals surface area contributed by atoms with Gasteiger partial charge < -0.3 is 10.3 Å². The summed E-state index contributed by atoms with van der Waals surface area (Å²) in [6, 6.07) is 4.01. The molecular weight excluding hydrogens is 502 g/mol. The number of alkyl halides is 3. The van der Waals surface area contributed by atoms with Crippen LogP contribution in [0.15, 0.2) is 35.5 Å². The molecular formula is C17H11Cl3F3N5O2S. The first kappa shape index (κ1) is 23.4. The second kappa shape index (κ2) is 8.37. The van der Waals surface area contributed by atoms with Gasteiger partial charge in [-0.1, -0.05) is 34.8 Å². The molecule has 0 spiro atoms. The fourth-order valence-corrected chi connectivity index (χ4v) is 5.29. The summed E-state index contributed by atoms with van der Waals surface area (Å²) in [6.45, 7) is -0.893. The van der Waals surface area contributed by atoms with E-state index in [2.05, 4.69) is 4.98 Å². The Labute approximate surface area is 189 Å². The Bertz CT molecular complexity index is 1300. The van der Waals surface area contributed by atoms with E-state index in [1.54, 1.807) is 4.72 Å². The van der Waals surface area contributed by atoms with Crippen LogP contribution in [0.3, 0.4) is 0 Å². The number of rotatable bonds is 5. The van der Waals surface area contributed by atoms with Crippen molar-refractivity contribution in [2.45, 2.75) is 23.7 Å². The van der Waals surface area contributed by atoms with E-state index in [4.69, 9.17) is 45.8 Å². The zero-order valence-corrected chi connectivity index (χ0v) is 18.2. The molecule has 3 aromatic rings. The number of sulfonamides is 1. The minimum Gasteiger partial charge on any atom is -0.398 e. The average molecular weight is 513 g/mol. The Morgan fingerprint density at radius 2 is 1.84 bits per heavy atom. The number of aromatic nitrogens is 2. The molecule has 0 saturated carbocycles. The van der Waals surface area contributed by atoms with E-state index in [9.17, 15) is 21.6 Å². The number of halogens is 6. The Kier molecular flexibility index (Phi) is 6.32. The monoisotopic (exact) mass is 511 g/mol. The van der Waals surface area contributed by atoms with Crippen molar-refractivity contribution in [3.05, 3.63) is 51.2 Å². The standard InChI is InChI=1S/C17H11Cl3F3N5O2S/c18-9-1-8(5-24)15-13(4-9)28(7-26-15)6-14(17(21,22)23)27-31(29,30)16-11(20)2-10(19)3-12(16)25/h1-4,7,14,27H,6,25H2. The molecule has 0 saturated heterocycles. The third kappa shape index (κ3) is 4.83. The van der Waals surface area contributed by atoms with E-state index in [0.29, 0.717) is 0 Å². The smallest absolute Gasteiger partial charge is 0.398 e. The van der Waals surface area contributed by atoms with Gasteiger partial charge in [0, 0.05) is 16.6 Å². The van der Waals surface area contributed by atoms with E-state index in [1.165, 1.54) is 12.1 Å². The summed E-state index contributed by atoms with van der Waals surface area (Å²) in [5.74, 6) is 0. The molecule has 1 aromatic heterocycles. The van der Waals surface area contributed by atoms with Crippen LogP contribution in [0.2, 0.25) is 15.1 Å². The Morgan fingerprint density at radius 3 is 2.42 bits per heavy atom. The molecule has 0 fully saturated rings. The van der Waals surface area contributed by atoms with Crippen LogP contribution in [0.4, 0.5) is 18.9 Å². The van der Waals surface area contributed by atoms with Crippen LogP contribution in [0, 0.1) is 11.3 Å². The molecule has 2 aromatic carbocycles. The molecule has 1 atom stereocenters. The fraction of sp³-hybridized carbons (Fsp3) is 0.176. The topological polar surface area (TPSA) is 114 Å². The van der Waals surface area contributed by atoms with Crippen LogP contribution < -0.4 is 10.5 Å². The quantitative estimate of drug-likeness (QED) is 0.493. The predicted octanol–water partition coefficient (Wildman–Crippen LogP) is 4.36. The molecule has 0 radical (unpaired) electrons. The number of benzene rings is 2. The normalized spacial score (nSPS) is 13.3. The third-order valence-corrected chi connectivity index (χ3v) is 6.62. The van der Waals surface area contributed by atoms with Crippen LogP contribution in [0.25, 0.3) is 11.0 Å². The van der Waals surface area contributed by atoms with Gasteiger partial charge in [-0.05, 0) is 24.3 Å². The SMILES string of the molecule is N#Cc1cc(Cl)cc2c1ncn2CC(NS(=O)(=O)c1c(N)cc(Cl)cc1Cl)C(F)(F)F. The Hall–Kier alpha value is -2.23. The second-order valence-electron chi connectivity index (χ2n) is 6.35. The third-order valence-electron chi connectivity index (χ3n) is 4.19. The maximum atomic E-state index is 13.7. The van der Waals surface area contributed by atoms with E-state index >= 15 is 0 Å². The molecule has 0 bridgehead atoms. The first-order chi connectivity index (χ1) is 14.3. The molecule has 3 N–H and O–H groups in total. The van der Waals surface area contributed by atoms with Gasteiger partial charge in [0.1, 0.15) is 22.5 Å². The van der Waals surface area contributed by atoms with E-state index in [1.807, 2.05) is 6.07 Å². The number of fused-ring (bicyclic) bond motifs is 1. The largest absolute Gasteiger partial charge is 0.406 e. The number of hydrogen-bond acceptors (Lipinski definition) is 5. The van der Waals surface area contributed by atoms with Crippen LogP contribution in [-0.2, 0) is 16.6 Å². The highest BCUT2D eigenvalue weighted by atomic mass is 35.5. The van der Waals surface area contributed by atoms with Gasteiger partial charge in [0.15, 0.2) is 0 Å². The van der Waals surface area contributed by atoms with Gasteiger partial charge >= 0.3 is 6.18 Å². The molecule has 31 heavy (non-hydrogen) atoms. The highest BCUT2D eigenvalue weighted by Gasteiger charge is 2.43. The number of nitriles is 1. The number of nitrogens with zero attached hydrogens (tertiary/aromatic N) is 3. The van der Waals surface area contributed by atoms with Gasteiger partial charge in [-0.15, -0.1) is 0 Å². The zero-order valence-electron chi connectivity index (χ0n) is 15.1. The van der Waals surface area contributed by atoms with Crippen molar-refractivity contribution in [3.63, 3.8) is 0 Å². The summed E-state index contributed by atoms with van der Waals surface area (Å²) in [7, 11) is -4.80. The van der Waals surface area contributed by atoms with Gasteiger partial charge in [0.25, 0.3) is 0 Å². The van der Waals surface area contributed by atoms with E-state index < -0.39 is 44.4 Å². The molecule has 0 aliphatic heterocycles. The van der Waals surface area contributed by atoms with E-state index in [0.717, 1.165) is 23.0 Å². The highest BCUT2D eigenvalue weighted by molar-refractivity contribution is 7.89. The van der Waals surface area contributed by atoms with Crippen molar-refractivity contribution in [2.75, 3.05) is 5.73 Å². The predicted molar refractivity (Wildman–Crippen MR) is 110 cm³/mol. The number of nitrogen functional groups attached to an aromatic ring is 1. The van der Waals surface area contributed by atoms with Crippen LogP contribution in [0.1, 0.15) is 5.56 Å². The maximum absolute atomic E-state index is 13.7. The maximum Gasteiger partial charge on any atom is 0.406 e. The lowest BCUT2D eigenvalue weighted by Gasteiger charge is -2.23. The molecule has 0 amide bonds. The number of imidazole rings is 1. The fourth-order valence-electron chi connectivity index (χ4n) is 2.87. The number of nitrogens with two attached hydrogens (primary N) is 1. The Balaban J connectivity index is 2.03.